The van der Waals surface area contributed by atoms with Crippen molar-refractivity contribution in [1.29, 1.82) is 0 Å². The molecule has 1 aliphatic rings. The van der Waals surface area contributed by atoms with Crippen molar-refractivity contribution in [2.24, 2.45) is 0 Å². The number of hydrogen-bond acceptors (Lipinski definition) is 6. The summed E-state index contributed by atoms with van der Waals surface area (Å²) in [5.74, 6) is 1.17. The van der Waals surface area contributed by atoms with E-state index in [-0.39, 0.29) is 12.1 Å². The Kier molecular flexibility index (Phi) is 4.21. The smallest absolute Gasteiger partial charge is 0.336 e. The van der Waals surface area contributed by atoms with Crippen LogP contribution in [0.3, 0.4) is 0 Å². The Morgan fingerprint density at radius 2 is 2.21 bits per heavy atom. The Bertz CT molecular complexity index is 438. The minimum Gasteiger partial charge on any atom is -0.467 e. The third-order valence-corrected chi connectivity index (χ3v) is 3.23. The number of hydrogen-bond donors (Lipinski definition) is 0. The average Bonchev–Trinajstić information content (AvgIpc) is 2.66. The van der Waals surface area contributed by atoms with Crippen molar-refractivity contribution < 1.29 is 18.7 Å². The molecule has 2 rings (SSSR count). The van der Waals surface area contributed by atoms with Crippen LogP contribution in [0.1, 0.15) is 24.3 Å². The van der Waals surface area contributed by atoms with Gasteiger partial charge in [-0.05, 0) is 20.8 Å². The third kappa shape index (κ3) is 3.33. The molecular formula is C13H20N2O4. The van der Waals surface area contributed by atoms with Gasteiger partial charge in [-0.25, -0.2) is 9.78 Å². The number of morpholine rings is 1. The van der Waals surface area contributed by atoms with Crippen molar-refractivity contribution in [2.45, 2.75) is 39.5 Å². The van der Waals surface area contributed by atoms with E-state index < -0.39 is 6.10 Å². The Labute approximate surface area is 112 Å². The Morgan fingerprint density at radius 1 is 1.47 bits per heavy atom. The Balaban J connectivity index is 2.01. The van der Waals surface area contributed by atoms with E-state index in [0.717, 1.165) is 18.0 Å². The van der Waals surface area contributed by atoms with Crippen LogP contribution in [0.5, 0.6) is 0 Å². The summed E-state index contributed by atoms with van der Waals surface area (Å²) in [5, 5.41) is 0. The van der Waals surface area contributed by atoms with Crippen molar-refractivity contribution >= 4 is 5.97 Å². The number of carbonyl (C=O) groups is 1. The monoisotopic (exact) mass is 268 g/mol. The normalized spacial score (nSPS) is 24.4. The van der Waals surface area contributed by atoms with E-state index >= 15 is 0 Å². The second-order valence-corrected chi connectivity index (χ2v) is 4.90. The first kappa shape index (κ1) is 14.0. The van der Waals surface area contributed by atoms with E-state index in [1.165, 1.54) is 7.11 Å². The van der Waals surface area contributed by atoms with E-state index in [1.54, 1.807) is 0 Å². The van der Waals surface area contributed by atoms with Gasteiger partial charge in [0.1, 0.15) is 5.76 Å². The van der Waals surface area contributed by atoms with Crippen LogP contribution in [0.2, 0.25) is 0 Å². The van der Waals surface area contributed by atoms with Crippen molar-refractivity contribution in [3.8, 4) is 0 Å². The summed E-state index contributed by atoms with van der Waals surface area (Å²) < 4.78 is 15.9. The number of nitrogens with zero attached hydrogens (tertiary/aromatic N) is 2. The van der Waals surface area contributed by atoms with Crippen LogP contribution in [-0.2, 0) is 20.8 Å². The van der Waals surface area contributed by atoms with Gasteiger partial charge >= 0.3 is 5.97 Å². The van der Waals surface area contributed by atoms with Crippen molar-refractivity contribution in [1.82, 2.24) is 9.88 Å². The van der Waals surface area contributed by atoms with Gasteiger partial charge in [0, 0.05) is 13.1 Å². The number of methoxy groups -OCH3 is 1. The summed E-state index contributed by atoms with van der Waals surface area (Å²) in [4.78, 5) is 18.0. The predicted molar refractivity (Wildman–Crippen MR) is 67.6 cm³/mol. The van der Waals surface area contributed by atoms with Crippen LogP contribution in [0.4, 0.5) is 0 Å². The molecular weight excluding hydrogens is 248 g/mol. The molecule has 0 spiro atoms. The maximum absolute atomic E-state index is 11.6. The molecule has 2 heterocycles. The lowest BCUT2D eigenvalue weighted by Crippen LogP contribution is -2.49. The molecule has 0 aliphatic carbocycles. The zero-order valence-corrected chi connectivity index (χ0v) is 11.8. The molecule has 106 valence electrons. The van der Waals surface area contributed by atoms with E-state index in [1.807, 2.05) is 20.8 Å². The van der Waals surface area contributed by atoms with Crippen LogP contribution >= 0.6 is 0 Å². The number of aromatic nitrogens is 1. The Hall–Kier alpha value is -1.40. The van der Waals surface area contributed by atoms with Crippen LogP contribution in [0, 0.1) is 13.8 Å². The van der Waals surface area contributed by atoms with Gasteiger partial charge in [0.25, 0.3) is 0 Å². The van der Waals surface area contributed by atoms with Crippen LogP contribution < -0.4 is 0 Å². The largest absolute Gasteiger partial charge is 0.467 e. The molecule has 2 atom stereocenters. The molecule has 1 aromatic heterocycles. The Morgan fingerprint density at radius 3 is 2.79 bits per heavy atom. The summed E-state index contributed by atoms with van der Waals surface area (Å²) >= 11 is 0. The van der Waals surface area contributed by atoms with Crippen LogP contribution in [0.25, 0.3) is 0 Å². The molecule has 0 radical (unpaired) electrons. The summed E-state index contributed by atoms with van der Waals surface area (Å²) in [6.07, 6.45) is -0.555. The van der Waals surface area contributed by atoms with Gasteiger partial charge in [0.15, 0.2) is 6.10 Å². The summed E-state index contributed by atoms with van der Waals surface area (Å²) in [6.45, 7) is 7.57. The highest BCUT2D eigenvalue weighted by Gasteiger charge is 2.31. The van der Waals surface area contributed by atoms with Gasteiger partial charge < -0.3 is 13.9 Å². The molecule has 19 heavy (non-hydrogen) atoms. The molecule has 1 aliphatic heterocycles. The molecule has 0 bridgehead atoms. The van der Waals surface area contributed by atoms with E-state index in [9.17, 15) is 4.79 Å². The standard InChI is InChI=1S/C13H20N2O4/c1-8-5-15(6-11(18-8)13(16)17-4)7-12-14-9(2)10(3)19-12/h8,11H,5-7H2,1-4H3/t8-,11?/m1/s1. The maximum atomic E-state index is 11.6. The SMILES string of the molecule is COC(=O)C1CN(Cc2nc(C)c(C)o2)C[C@@H](C)O1. The molecule has 1 unspecified atom stereocenters. The predicted octanol–water partition coefficient (Wildman–Crippen LogP) is 1.05. The fourth-order valence-corrected chi connectivity index (χ4v) is 2.23. The topological polar surface area (TPSA) is 64.8 Å². The lowest BCUT2D eigenvalue weighted by atomic mass is 10.2. The number of ether oxygens (including phenoxy) is 2. The van der Waals surface area contributed by atoms with Crippen molar-refractivity contribution in [3.63, 3.8) is 0 Å². The van der Waals surface area contributed by atoms with E-state index in [0.29, 0.717) is 19.0 Å². The first-order chi connectivity index (χ1) is 8.99. The lowest BCUT2D eigenvalue weighted by molar-refractivity contribution is -0.166. The molecule has 1 aromatic rings. The molecule has 0 N–H and O–H groups in total. The first-order valence-electron chi connectivity index (χ1n) is 6.38. The number of carbonyl (C=O) groups excluding carboxylic acids is 1. The first-order valence-corrected chi connectivity index (χ1v) is 6.38. The zero-order chi connectivity index (χ0) is 14.0. The molecule has 0 amide bonds. The van der Waals surface area contributed by atoms with Gasteiger partial charge in [-0.2, -0.15) is 0 Å². The lowest BCUT2D eigenvalue weighted by Gasteiger charge is -2.34. The highest BCUT2D eigenvalue weighted by molar-refractivity contribution is 5.74. The fourth-order valence-electron chi connectivity index (χ4n) is 2.23. The molecule has 1 fully saturated rings. The highest BCUT2D eigenvalue weighted by Crippen LogP contribution is 2.16. The number of rotatable bonds is 3. The van der Waals surface area contributed by atoms with Gasteiger partial charge in [0.05, 0.1) is 25.5 Å². The third-order valence-electron chi connectivity index (χ3n) is 3.23. The summed E-state index contributed by atoms with van der Waals surface area (Å²) in [6, 6.07) is 0. The zero-order valence-electron chi connectivity index (χ0n) is 11.8. The maximum Gasteiger partial charge on any atom is 0.336 e. The fraction of sp³-hybridized carbons (Fsp3) is 0.692. The van der Waals surface area contributed by atoms with Gasteiger partial charge in [-0.3, -0.25) is 4.90 Å². The minimum absolute atomic E-state index is 0.0185. The van der Waals surface area contributed by atoms with Crippen molar-refractivity contribution in [3.05, 3.63) is 17.3 Å². The summed E-state index contributed by atoms with van der Waals surface area (Å²) in [5.41, 5.74) is 0.904. The van der Waals surface area contributed by atoms with E-state index in [4.69, 9.17) is 13.9 Å². The van der Waals surface area contributed by atoms with Crippen LogP contribution in [0.15, 0.2) is 4.42 Å². The molecule has 0 aromatic carbocycles. The van der Waals surface area contributed by atoms with Crippen molar-refractivity contribution in [2.75, 3.05) is 20.2 Å². The quantitative estimate of drug-likeness (QED) is 0.764. The highest BCUT2D eigenvalue weighted by atomic mass is 16.6. The summed E-state index contributed by atoms with van der Waals surface area (Å²) in [7, 11) is 1.37. The van der Waals surface area contributed by atoms with E-state index in [2.05, 4.69) is 9.88 Å². The van der Waals surface area contributed by atoms with Gasteiger partial charge in [-0.1, -0.05) is 0 Å². The molecule has 0 saturated carbocycles. The number of oxazole rings is 1. The number of esters is 1. The second kappa shape index (κ2) is 5.71. The molecule has 6 heteroatoms. The number of aryl methyl sites for hydroxylation is 2. The molecule has 1 saturated heterocycles. The average molecular weight is 268 g/mol. The molecule has 6 nitrogen and oxygen atoms in total. The second-order valence-electron chi connectivity index (χ2n) is 4.90. The van der Waals surface area contributed by atoms with Gasteiger partial charge in [-0.15, -0.1) is 0 Å². The van der Waals surface area contributed by atoms with Crippen LogP contribution in [-0.4, -0.2) is 48.3 Å². The van der Waals surface area contributed by atoms with Gasteiger partial charge in [0.2, 0.25) is 5.89 Å². The minimum atomic E-state index is -0.536.